The smallest absolute Gasteiger partial charge is 0.0366 e. The summed E-state index contributed by atoms with van der Waals surface area (Å²) in [5, 5.41) is 0. The van der Waals surface area contributed by atoms with E-state index in [9.17, 15) is 0 Å². The first-order chi connectivity index (χ1) is 7.31. The fraction of sp³-hybridized carbons (Fsp3) is 0.538. The Bertz CT molecular complexity index is 262. The summed E-state index contributed by atoms with van der Waals surface area (Å²) in [7, 11) is 0. The summed E-state index contributed by atoms with van der Waals surface area (Å²) in [6.45, 7) is 7.28. The van der Waals surface area contributed by atoms with E-state index in [2.05, 4.69) is 43.0 Å². The third-order valence-electron chi connectivity index (χ3n) is 2.73. The molecule has 0 atom stereocenters. The second kappa shape index (κ2) is 6.46. The maximum absolute atomic E-state index is 5.49. The van der Waals surface area contributed by atoms with Gasteiger partial charge in [-0.15, -0.1) is 0 Å². The minimum atomic E-state index is 0.776. The molecule has 2 heteroatoms. The van der Waals surface area contributed by atoms with Gasteiger partial charge in [-0.2, -0.15) is 0 Å². The molecule has 0 spiro atoms. The summed E-state index contributed by atoms with van der Waals surface area (Å²) < 4.78 is 0. The Balaban J connectivity index is 2.62. The average molecular weight is 206 g/mol. The van der Waals surface area contributed by atoms with Crippen molar-refractivity contribution in [3.63, 3.8) is 0 Å². The lowest BCUT2D eigenvalue weighted by atomic mass is 10.1. The van der Waals surface area contributed by atoms with Gasteiger partial charge in [0, 0.05) is 18.8 Å². The van der Waals surface area contributed by atoms with Gasteiger partial charge in [-0.25, -0.2) is 0 Å². The normalized spacial score (nSPS) is 10.3. The molecule has 15 heavy (non-hydrogen) atoms. The summed E-state index contributed by atoms with van der Waals surface area (Å²) in [6.07, 6.45) is 2.17. The van der Waals surface area contributed by atoms with Gasteiger partial charge in [-0.05, 0) is 50.9 Å². The summed E-state index contributed by atoms with van der Waals surface area (Å²) in [5.74, 6) is 0. The van der Waals surface area contributed by atoms with Crippen molar-refractivity contribution in [2.24, 2.45) is 5.73 Å². The molecule has 0 fully saturated rings. The van der Waals surface area contributed by atoms with Gasteiger partial charge in [0.05, 0.1) is 0 Å². The topological polar surface area (TPSA) is 29.3 Å². The molecule has 0 bridgehead atoms. The van der Waals surface area contributed by atoms with E-state index in [-0.39, 0.29) is 0 Å². The van der Waals surface area contributed by atoms with Gasteiger partial charge >= 0.3 is 0 Å². The molecule has 0 aliphatic heterocycles. The predicted molar refractivity (Wildman–Crippen MR) is 67.4 cm³/mol. The van der Waals surface area contributed by atoms with Crippen LogP contribution in [0.2, 0.25) is 0 Å². The van der Waals surface area contributed by atoms with Crippen molar-refractivity contribution in [3.05, 3.63) is 29.8 Å². The average Bonchev–Trinajstić information content (AvgIpc) is 2.29. The zero-order valence-electron chi connectivity index (χ0n) is 9.87. The fourth-order valence-corrected chi connectivity index (χ4v) is 1.77. The van der Waals surface area contributed by atoms with Crippen LogP contribution in [-0.4, -0.2) is 19.6 Å². The van der Waals surface area contributed by atoms with Crippen LogP contribution < -0.4 is 10.6 Å². The third-order valence-corrected chi connectivity index (χ3v) is 2.73. The second-order valence-corrected chi connectivity index (χ2v) is 3.73. The predicted octanol–water partition coefficient (Wildman–Crippen LogP) is 2.42. The number of rotatable bonds is 6. The molecule has 0 unspecified atom stereocenters. The van der Waals surface area contributed by atoms with Gasteiger partial charge in [0.15, 0.2) is 0 Å². The van der Waals surface area contributed by atoms with Crippen molar-refractivity contribution in [1.29, 1.82) is 0 Å². The lowest BCUT2D eigenvalue weighted by Crippen LogP contribution is -2.21. The third kappa shape index (κ3) is 3.56. The molecular weight excluding hydrogens is 184 g/mol. The van der Waals surface area contributed by atoms with Crippen molar-refractivity contribution < 1.29 is 0 Å². The number of hydrogen-bond donors (Lipinski definition) is 1. The van der Waals surface area contributed by atoms with Gasteiger partial charge in [0.2, 0.25) is 0 Å². The van der Waals surface area contributed by atoms with E-state index in [0.717, 1.165) is 32.5 Å². The van der Waals surface area contributed by atoms with Crippen LogP contribution in [0.1, 0.15) is 25.8 Å². The molecule has 0 radical (unpaired) electrons. The molecule has 0 saturated carbocycles. The van der Waals surface area contributed by atoms with Gasteiger partial charge in [0.25, 0.3) is 0 Å². The highest BCUT2D eigenvalue weighted by molar-refractivity contribution is 5.47. The molecule has 0 amide bonds. The molecule has 0 heterocycles. The highest BCUT2D eigenvalue weighted by atomic mass is 15.1. The van der Waals surface area contributed by atoms with E-state index in [1.54, 1.807) is 0 Å². The first-order valence-electron chi connectivity index (χ1n) is 5.85. The molecule has 84 valence electrons. The van der Waals surface area contributed by atoms with Gasteiger partial charge < -0.3 is 10.6 Å². The summed E-state index contributed by atoms with van der Waals surface area (Å²) in [6, 6.07) is 8.84. The highest BCUT2D eigenvalue weighted by Crippen LogP contribution is 2.15. The standard InChI is InChI=1S/C13H22N2/c1-3-15(4-2)13-9-7-12(8-10-13)6-5-11-14/h7-10H,3-6,11,14H2,1-2H3. The number of anilines is 1. The minimum absolute atomic E-state index is 0.776. The number of nitrogens with zero attached hydrogens (tertiary/aromatic N) is 1. The van der Waals surface area contributed by atoms with Crippen molar-refractivity contribution in [3.8, 4) is 0 Å². The Kier molecular flexibility index (Phi) is 5.19. The largest absolute Gasteiger partial charge is 0.372 e. The van der Waals surface area contributed by atoms with Crippen molar-refractivity contribution in [2.75, 3.05) is 24.5 Å². The van der Waals surface area contributed by atoms with Gasteiger partial charge in [-0.1, -0.05) is 12.1 Å². The van der Waals surface area contributed by atoms with E-state index >= 15 is 0 Å². The zero-order chi connectivity index (χ0) is 11.1. The summed E-state index contributed by atoms with van der Waals surface area (Å²) >= 11 is 0. The molecular formula is C13H22N2. The van der Waals surface area contributed by atoms with Crippen LogP contribution in [-0.2, 0) is 6.42 Å². The molecule has 1 aromatic carbocycles. The summed E-state index contributed by atoms with van der Waals surface area (Å²) in [5.41, 5.74) is 8.19. The van der Waals surface area contributed by atoms with Crippen LogP contribution in [0.25, 0.3) is 0 Å². The molecule has 2 nitrogen and oxygen atoms in total. The Morgan fingerprint density at radius 3 is 2.13 bits per heavy atom. The van der Waals surface area contributed by atoms with Crippen LogP contribution in [0.3, 0.4) is 0 Å². The highest BCUT2D eigenvalue weighted by Gasteiger charge is 2.00. The van der Waals surface area contributed by atoms with E-state index in [0.29, 0.717) is 0 Å². The Labute approximate surface area is 93.1 Å². The summed E-state index contributed by atoms with van der Waals surface area (Å²) in [4.78, 5) is 2.35. The lowest BCUT2D eigenvalue weighted by molar-refractivity contribution is 0.830. The monoisotopic (exact) mass is 206 g/mol. The maximum atomic E-state index is 5.49. The van der Waals surface area contributed by atoms with Crippen LogP contribution in [0.15, 0.2) is 24.3 Å². The molecule has 0 aliphatic carbocycles. The Hall–Kier alpha value is -1.02. The molecule has 1 aromatic rings. The van der Waals surface area contributed by atoms with Crippen LogP contribution >= 0.6 is 0 Å². The molecule has 1 rings (SSSR count). The first-order valence-corrected chi connectivity index (χ1v) is 5.85. The quantitative estimate of drug-likeness (QED) is 0.774. The Morgan fingerprint density at radius 1 is 1.07 bits per heavy atom. The van der Waals surface area contributed by atoms with Crippen LogP contribution in [0, 0.1) is 0 Å². The molecule has 0 aromatic heterocycles. The maximum Gasteiger partial charge on any atom is 0.0366 e. The fourth-order valence-electron chi connectivity index (χ4n) is 1.77. The molecule has 0 aliphatic rings. The van der Waals surface area contributed by atoms with Crippen molar-refractivity contribution >= 4 is 5.69 Å². The zero-order valence-corrected chi connectivity index (χ0v) is 9.87. The van der Waals surface area contributed by atoms with E-state index in [4.69, 9.17) is 5.73 Å². The van der Waals surface area contributed by atoms with Crippen LogP contribution in [0.5, 0.6) is 0 Å². The van der Waals surface area contributed by atoms with E-state index in [1.807, 2.05) is 0 Å². The van der Waals surface area contributed by atoms with Crippen LogP contribution in [0.4, 0.5) is 5.69 Å². The van der Waals surface area contributed by atoms with Gasteiger partial charge in [-0.3, -0.25) is 0 Å². The van der Waals surface area contributed by atoms with Crippen molar-refractivity contribution in [2.45, 2.75) is 26.7 Å². The second-order valence-electron chi connectivity index (χ2n) is 3.73. The minimum Gasteiger partial charge on any atom is -0.372 e. The van der Waals surface area contributed by atoms with Crippen molar-refractivity contribution in [1.82, 2.24) is 0 Å². The SMILES string of the molecule is CCN(CC)c1ccc(CCCN)cc1. The molecule has 0 saturated heterocycles. The van der Waals surface area contributed by atoms with E-state index in [1.165, 1.54) is 11.3 Å². The lowest BCUT2D eigenvalue weighted by Gasteiger charge is -2.21. The number of nitrogens with two attached hydrogens (primary N) is 1. The van der Waals surface area contributed by atoms with E-state index < -0.39 is 0 Å². The first kappa shape index (κ1) is 12.1. The van der Waals surface area contributed by atoms with Gasteiger partial charge in [0.1, 0.15) is 0 Å². The number of hydrogen-bond acceptors (Lipinski definition) is 2. The molecule has 2 N–H and O–H groups in total. The Morgan fingerprint density at radius 2 is 1.67 bits per heavy atom. The number of aryl methyl sites for hydroxylation is 1. The number of benzene rings is 1.